The highest BCUT2D eigenvalue weighted by molar-refractivity contribution is 6.10. The zero-order valence-corrected chi connectivity index (χ0v) is 16.5. The monoisotopic (exact) mass is 401 g/mol. The van der Waals surface area contributed by atoms with Gasteiger partial charge in [-0.05, 0) is 42.4 Å². The normalized spacial score (nSPS) is 27.8. The number of carbonyl (C=O) groups is 3. The van der Waals surface area contributed by atoms with Crippen LogP contribution in [-0.4, -0.2) is 33.6 Å². The van der Waals surface area contributed by atoms with Crippen LogP contribution in [0.4, 0.5) is 5.82 Å². The highest BCUT2D eigenvalue weighted by atomic mass is 16.2. The van der Waals surface area contributed by atoms with Crippen molar-refractivity contribution in [1.82, 2.24) is 9.88 Å². The van der Waals surface area contributed by atoms with E-state index in [1.807, 2.05) is 30.3 Å². The molecule has 30 heavy (non-hydrogen) atoms. The topological polar surface area (TPSA) is 79.4 Å². The summed E-state index contributed by atoms with van der Waals surface area (Å²) in [6.07, 6.45) is 7.90. The molecule has 4 aliphatic rings. The molecule has 0 spiro atoms. The van der Waals surface area contributed by atoms with Crippen LogP contribution in [0.5, 0.6) is 0 Å². The molecule has 1 N–H and O–H groups in total. The van der Waals surface area contributed by atoms with Gasteiger partial charge in [-0.25, -0.2) is 4.98 Å². The number of imide groups is 1. The van der Waals surface area contributed by atoms with Crippen molar-refractivity contribution in [2.75, 3.05) is 5.32 Å². The molecule has 1 saturated heterocycles. The Bertz CT molecular complexity index is 973. The van der Waals surface area contributed by atoms with Crippen molar-refractivity contribution >= 4 is 23.5 Å². The van der Waals surface area contributed by atoms with Crippen LogP contribution in [0.2, 0.25) is 0 Å². The number of likely N-dealkylation sites (tertiary alicyclic amines) is 1. The molecular weight excluding hydrogens is 378 g/mol. The Labute approximate surface area is 175 Å². The summed E-state index contributed by atoms with van der Waals surface area (Å²) in [4.78, 5) is 45.5. The molecule has 1 aromatic heterocycles. The maximum absolute atomic E-state index is 13.4. The number of nitrogens with zero attached hydrogens (tertiary/aromatic N) is 2. The number of hydrogen-bond acceptors (Lipinski definition) is 4. The Hall–Kier alpha value is -3.28. The van der Waals surface area contributed by atoms with Crippen LogP contribution in [0, 0.1) is 23.7 Å². The van der Waals surface area contributed by atoms with Crippen LogP contribution in [0.25, 0.3) is 0 Å². The molecule has 1 aliphatic heterocycles. The van der Waals surface area contributed by atoms with Crippen molar-refractivity contribution in [3.63, 3.8) is 0 Å². The zero-order chi connectivity index (χ0) is 20.7. The number of rotatable bonds is 5. The van der Waals surface area contributed by atoms with Crippen LogP contribution >= 0.6 is 0 Å². The number of anilines is 1. The smallest absolute Gasteiger partial charge is 0.249 e. The molecule has 0 unspecified atom stereocenters. The average Bonchev–Trinajstić information content (AvgIpc) is 3.07. The third-order valence-electron chi connectivity index (χ3n) is 6.60. The van der Waals surface area contributed by atoms with Gasteiger partial charge in [-0.3, -0.25) is 19.3 Å². The first-order valence-electron chi connectivity index (χ1n) is 10.4. The Morgan fingerprint density at radius 1 is 0.967 bits per heavy atom. The number of pyridine rings is 1. The van der Waals surface area contributed by atoms with Crippen molar-refractivity contribution in [2.45, 2.75) is 25.3 Å². The van der Waals surface area contributed by atoms with Gasteiger partial charge in [-0.1, -0.05) is 48.6 Å². The van der Waals surface area contributed by atoms with Crippen molar-refractivity contribution < 1.29 is 14.4 Å². The Morgan fingerprint density at radius 2 is 1.60 bits per heavy atom. The van der Waals surface area contributed by atoms with Crippen LogP contribution in [-0.2, 0) is 20.8 Å². The van der Waals surface area contributed by atoms with Gasteiger partial charge in [0.2, 0.25) is 17.7 Å². The number of benzene rings is 1. The SMILES string of the molecule is O=C(Nc1ccccn1)[C@H](Cc1ccccc1)N1C(=O)[C@@H]2[C@@H](C1=O)[C@H]1C=C[C@H]2CC1. The molecular formula is C24H23N3O3. The van der Waals surface area contributed by atoms with E-state index in [1.54, 1.807) is 24.4 Å². The van der Waals surface area contributed by atoms with E-state index in [0.29, 0.717) is 5.82 Å². The summed E-state index contributed by atoms with van der Waals surface area (Å²) < 4.78 is 0. The first-order chi connectivity index (χ1) is 14.6. The van der Waals surface area contributed by atoms with Crippen LogP contribution < -0.4 is 5.32 Å². The van der Waals surface area contributed by atoms with Gasteiger partial charge < -0.3 is 5.32 Å². The molecule has 3 aliphatic carbocycles. The molecule has 2 fully saturated rings. The van der Waals surface area contributed by atoms with Crippen molar-refractivity contribution in [2.24, 2.45) is 23.7 Å². The number of amides is 3. The van der Waals surface area contributed by atoms with E-state index in [0.717, 1.165) is 18.4 Å². The van der Waals surface area contributed by atoms with Gasteiger partial charge in [0.05, 0.1) is 11.8 Å². The predicted octanol–water partition coefficient (Wildman–Crippen LogP) is 2.83. The second-order valence-electron chi connectivity index (χ2n) is 8.30. The van der Waals surface area contributed by atoms with Crippen LogP contribution in [0.3, 0.4) is 0 Å². The molecule has 1 aromatic carbocycles. The lowest BCUT2D eigenvalue weighted by Crippen LogP contribution is -2.49. The van der Waals surface area contributed by atoms with Gasteiger partial charge in [0, 0.05) is 12.6 Å². The second kappa shape index (κ2) is 7.52. The number of aromatic nitrogens is 1. The summed E-state index contributed by atoms with van der Waals surface area (Å²) in [6.45, 7) is 0. The van der Waals surface area contributed by atoms with Crippen molar-refractivity contribution in [3.05, 3.63) is 72.4 Å². The molecule has 2 aromatic rings. The fraction of sp³-hybridized carbons (Fsp3) is 0.333. The van der Waals surface area contributed by atoms with Crippen molar-refractivity contribution in [3.8, 4) is 0 Å². The summed E-state index contributed by atoms with van der Waals surface area (Å²) in [6, 6.07) is 13.8. The minimum absolute atomic E-state index is 0.0951. The minimum Gasteiger partial charge on any atom is -0.309 e. The molecule has 1 saturated carbocycles. The molecule has 6 nitrogen and oxygen atoms in total. The van der Waals surface area contributed by atoms with E-state index >= 15 is 0 Å². The summed E-state index contributed by atoms with van der Waals surface area (Å²) in [5.74, 6) is -0.876. The highest BCUT2D eigenvalue weighted by Crippen LogP contribution is 2.50. The number of fused-ring (bicyclic) bond motifs is 1. The lowest BCUT2D eigenvalue weighted by Gasteiger charge is -2.38. The Balaban J connectivity index is 1.47. The van der Waals surface area contributed by atoms with E-state index in [-0.39, 0.29) is 41.9 Å². The second-order valence-corrected chi connectivity index (χ2v) is 8.30. The molecule has 5 atom stereocenters. The third-order valence-corrected chi connectivity index (χ3v) is 6.60. The van der Waals surface area contributed by atoms with Gasteiger partial charge in [0.15, 0.2) is 0 Å². The molecule has 6 heteroatoms. The van der Waals surface area contributed by atoms with Gasteiger partial charge in [0.1, 0.15) is 11.9 Å². The molecule has 6 rings (SSSR count). The largest absolute Gasteiger partial charge is 0.309 e. The summed E-state index contributed by atoms with van der Waals surface area (Å²) in [5.41, 5.74) is 0.898. The lowest BCUT2D eigenvalue weighted by molar-refractivity contribution is -0.146. The third kappa shape index (κ3) is 3.12. The van der Waals surface area contributed by atoms with E-state index in [4.69, 9.17) is 0 Å². The van der Waals surface area contributed by atoms with Gasteiger partial charge in [0.25, 0.3) is 0 Å². The molecule has 2 heterocycles. The van der Waals surface area contributed by atoms with Gasteiger partial charge in [-0.2, -0.15) is 0 Å². The summed E-state index contributed by atoms with van der Waals surface area (Å²) >= 11 is 0. The first-order valence-corrected chi connectivity index (χ1v) is 10.4. The number of nitrogens with one attached hydrogen (secondary N) is 1. The lowest BCUT2D eigenvalue weighted by atomic mass is 9.63. The maximum atomic E-state index is 13.4. The quantitative estimate of drug-likeness (QED) is 0.617. The Morgan fingerprint density at radius 3 is 2.17 bits per heavy atom. The van der Waals surface area contributed by atoms with E-state index in [2.05, 4.69) is 22.5 Å². The molecule has 152 valence electrons. The maximum Gasteiger partial charge on any atom is 0.249 e. The predicted molar refractivity (Wildman–Crippen MR) is 111 cm³/mol. The fourth-order valence-corrected chi connectivity index (χ4v) is 5.19. The van der Waals surface area contributed by atoms with Gasteiger partial charge in [-0.15, -0.1) is 0 Å². The van der Waals surface area contributed by atoms with Crippen LogP contribution in [0.15, 0.2) is 66.9 Å². The minimum atomic E-state index is -0.903. The number of hydrogen-bond donors (Lipinski definition) is 1. The summed E-state index contributed by atoms with van der Waals surface area (Å²) in [5, 5.41) is 2.79. The average molecular weight is 401 g/mol. The zero-order valence-electron chi connectivity index (χ0n) is 16.5. The van der Waals surface area contributed by atoms with E-state index < -0.39 is 11.9 Å². The first kappa shape index (κ1) is 18.7. The number of carbonyl (C=O) groups excluding carboxylic acids is 3. The van der Waals surface area contributed by atoms with Crippen molar-refractivity contribution in [1.29, 1.82) is 0 Å². The molecule has 3 amide bonds. The van der Waals surface area contributed by atoms with E-state index in [1.165, 1.54) is 4.90 Å². The fourth-order valence-electron chi connectivity index (χ4n) is 5.19. The highest BCUT2D eigenvalue weighted by Gasteiger charge is 2.58. The van der Waals surface area contributed by atoms with Gasteiger partial charge >= 0.3 is 0 Å². The molecule has 2 bridgehead atoms. The van der Waals surface area contributed by atoms with Crippen LogP contribution in [0.1, 0.15) is 18.4 Å². The number of allylic oxidation sites excluding steroid dienone is 2. The summed E-state index contributed by atoms with van der Waals surface area (Å²) in [7, 11) is 0. The Kier molecular flexibility index (Phi) is 4.69. The molecule has 0 radical (unpaired) electrons. The van der Waals surface area contributed by atoms with E-state index in [9.17, 15) is 14.4 Å². The standard InChI is InChI=1S/C24H23N3O3/c28-22(26-19-8-4-5-13-25-19)18(14-15-6-2-1-3-7-15)27-23(29)20-16-9-10-17(12-11-16)21(20)24(27)30/h1-10,13,16-18,20-21H,11-12,14H2,(H,25,26,28)/t16-,17-,18-,20-,21-/m0/s1.